The van der Waals surface area contributed by atoms with Gasteiger partial charge in [0.15, 0.2) is 5.60 Å². The summed E-state index contributed by atoms with van der Waals surface area (Å²) in [5.74, 6) is -1.46. The van der Waals surface area contributed by atoms with Crippen LogP contribution in [0.5, 0.6) is 23.0 Å². The number of nitrogens with zero attached hydrogens (tertiary/aromatic N) is 1. The van der Waals surface area contributed by atoms with E-state index in [9.17, 15) is 72.1 Å². The van der Waals surface area contributed by atoms with Gasteiger partial charge in [-0.2, -0.15) is 8.62 Å². The number of ether oxygens (including phenoxy) is 3. The van der Waals surface area contributed by atoms with Gasteiger partial charge < -0.3 is 70.6 Å². The molecule has 1 saturated heterocycles. The Morgan fingerprint density at radius 3 is 1.64 bits per heavy atom. The van der Waals surface area contributed by atoms with Crippen LogP contribution in [-0.4, -0.2) is 120 Å². The van der Waals surface area contributed by atoms with E-state index in [1.54, 1.807) is 24.3 Å². The number of hydrogen-bond donors (Lipinski definition) is 12. The molecule has 30 nitrogen and oxygen atoms in total. The first-order chi connectivity index (χ1) is 41.3. The second kappa shape index (κ2) is 30.7. The van der Waals surface area contributed by atoms with Crippen molar-refractivity contribution in [2.24, 2.45) is 0 Å². The molecule has 5 amide bonds. The molecule has 3 aliphatic rings. The average molecular weight is 1280 g/mol. The van der Waals surface area contributed by atoms with Gasteiger partial charge in [0.2, 0.25) is 23.6 Å². The number of carbonyl (C=O) groups excluding carboxylic acids is 6. The summed E-state index contributed by atoms with van der Waals surface area (Å²) in [4.78, 5) is 140. The van der Waals surface area contributed by atoms with Crippen LogP contribution in [0, 0.1) is 0 Å². The van der Waals surface area contributed by atoms with Gasteiger partial charge in [-0.25, -0.2) is 23.3 Å². The Balaban J connectivity index is 0.674. The van der Waals surface area contributed by atoms with E-state index in [1.165, 1.54) is 30.3 Å². The fraction of sp³-hybridized carbons (Fsp3) is 0.481. The molecular formula is C54H70N7O23P3. The zero-order chi connectivity index (χ0) is 62.9. The lowest BCUT2D eigenvalue weighted by Gasteiger charge is -2.36. The summed E-state index contributed by atoms with van der Waals surface area (Å²) in [5.41, 5.74) is -1.22. The standard InChI is InChI=1S/C54H70N7O23P3/c62-35-18-21-38-42(30-35)80-43-31-36(63)19-22-39(43)54(38)40-29-34(17-20-37(40)52(70)82-54)51(69)58-27-12-3-7-15-47(66)56-25-10-1-5-13-45(64)55-24-9-2-6-14-46(65)57-26-11-4-8-16-48(67)59-41-32-50(61-28-23-49(68)60-53(61)71)81-44(41)33-79-86(75,76)84-87(77,78)83-85(72,73)74/h17-23,28-31,41,44,50,62-63H,1-16,24-27,32-33H2,(H,55,64)(H,56,66)(H,57,65)(H,58,69)(H,59,67)(H,75,76)(H,77,78)(H,60,68,71)(H2,72,73,74)/t41-,44+,50+/m0/s1. The maximum atomic E-state index is 13.3. The normalized spacial score (nSPS) is 17.7. The van der Waals surface area contributed by atoms with Crippen molar-refractivity contribution in [3.05, 3.63) is 116 Å². The molecule has 1 spiro atoms. The van der Waals surface area contributed by atoms with Gasteiger partial charge in [0.05, 0.1) is 18.2 Å². The van der Waals surface area contributed by atoms with Crippen LogP contribution >= 0.6 is 23.5 Å². The summed E-state index contributed by atoms with van der Waals surface area (Å²) >= 11 is 0. The van der Waals surface area contributed by atoms with Crippen molar-refractivity contribution in [3.8, 4) is 23.0 Å². The number of benzene rings is 3. The van der Waals surface area contributed by atoms with Crippen LogP contribution in [0.2, 0.25) is 0 Å². The third kappa shape index (κ3) is 19.7. The van der Waals surface area contributed by atoms with Crippen molar-refractivity contribution in [2.45, 2.75) is 133 Å². The quantitative estimate of drug-likeness (QED) is 0.0172. The second-order valence-corrected chi connectivity index (χ2v) is 25.2. The molecule has 3 aliphatic heterocycles. The summed E-state index contributed by atoms with van der Waals surface area (Å²) in [6.45, 7) is 0.769. The van der Waals surface area contributed by atoms with Crippen molar-refractivity contribution in [3.63, 3.8) is 0 Å². The minimum atomic E-state index is -5.81. The Hall–Kier alpha value is -7.07. The average Bonchev–Trinajstić information content (AvgIpc) is 1.64. The number of phosphoric ester groups is 1. The van der Waals surface area contributed by atoms with Gasteiger partial charge in [-0.05, 0) is 93.8 Å². The maximum Gasteiger partial charge on any atom is 0.490 e. The Bertz CT molecular complexity index is 3380. The van der Waals surface area contributed by atoms with E-state index in [-0.39, 0.29) is 65.0 Å². The van der Waals surface area contributed by atoms with E-state index in [0.717, 1.165) is 29.7 Å². The van der Waals surface area contributed by atoms with Crippen molar-refractivity contribution < 1.29 is 99.6 Å². The predicted octanol–water partition coefficient (Wildman–Crippen LogP) is 4.65. The first kappa shape index (κ1) is 67.4. The molecule has 474 valence electrons. The SMILES string of the molecule is O=C(CCCCCNC(=O)CCCCCNC(=O)c1ccc2c(c1)C1(OC2=O)c2ccc(O)cc2Oc2cc(O)ccc21)NCCCCCC(=O)NCCCCCC(=O)N[C@H]1C[C@H](n2ccc(=O)[nH]c2=O)O[C@@H]1COP(=O)(O)OP(=O)(O)OP(=O)(O)O. The van der Waals surface area contributed by atoms with E-state index in [0.29, 0.717) is 132 Å². The highest BCUT2D eigenvalue weighted by molar-refractivity contribution is 7.66. The lowest BCUT2D eigenvalue weighted by molar-refractivity contribution is -0.123. The number of H-pyrrole nitrogens is 1. The van der Waals surface area contributed by atoms with Gasteiger partial charge in [-0.3, -0.25) is 42.8 Å². The molecule has 0 radical (unpaired) electrons. The Morgan fingerprint density at radius 1 is 0.609 bits per heavy atom. The molecule has 33 heteroatoms. The molecule has 12 N–H and O–H groups in total. The predicted molar refractivity (Wildman–Crippen MR) is 305 cm³/mol. The van der Waals surface area contributed by atoms with E-state index in [1.807, 2.05) is 4.98 Å². The molecule has 1 fully saturated rings. The molecule has 1 aromatic heterocycles. The van der Waals surface area contributed by atoms with Crippen molar-refractivity contribution in [1.29, 1.82) is 0 Å². The number of phosphoric acid groups is 3. The fourth-order valence-corrected chi connectivity index (χ4v) is 13.1. The number of phenolic OH excluding ortho intramolecular Hbond substituents is 2. The van der Waals surface area contributed by atoms with Crippen molar-refractivity contribution in [2.75, 3.05) is 32.8 Å². The number of aromatic hydroxyl groups is 2. The van der Waals surface area contributed by atoms with E-state index in [4.69, 9.17) is 28.5 Å². The molecule has 87 heavy (non-hydrogen) atoms. The molecule has 4 heterocycles. The number of amides is 5. The highest BCUT2D eigenvalue weighted by atomic mass is 31.3. The number of aromatic amines is 1. The molecule has 0 saturated carbocycles. The smallest absolute Gasteiger partial charge is 0.490 e. The molecule has 7 rings (SSSR count). The molecule has 5 atom stereocenters. The fourth-order valence-electron chi connectivity index (χ4n) is 10.1. The molecule has 4 aromatic rings. The largest absolute Gasteiger partial charge is 0.508 e. The van der Waals surface area contributed by atoms with Crippen LogP contribution in [0.4, 0.5) is 0 Å². The third-order valence-electron chi connectivity index (χ3n) is 14.2. The molecule has 2 unspecified atom stereocenters. The molecule has 3 aromatic carbocycles. The Labute approximate surface area is 497 Å². The lowest BCUT2D eigenvalue weighted by Crippen LogP contribution is -2.42. The Kier molecular flexibility index (Phi) is 23.8. The highest BCUT2D eigenvalue weighted by Crippen LogP contribution is 2.66. The highest BCUT2D eigenvalue weighted by Gasteiger charge is 2.54. The van der Waals surface area contributed by atoms with Crippen molar-refractivity contribution in [1.82, 2.24) is 36.1 Å². The van der Waals surface area contributed by atoms with Crippen molar-refractivity contribution >= 4 is 59.0 Å². The van der Waals surface area contributed by atoms with Crippen LogP contribution < -0.4 is 42.6 Å². The zero-order valence-electron chi connectivity index (χ0n) is 47.1. The number of unbranched alkanes of at least 4 members (excludes halogenated alkanes) is 8. The summed E-state index contributed by atoms with van der Waals surface area (Å²) in [6.07, 6.45) is 7.14. The molecule has 0 bridgehead atoms. The summed E-state index contributed by atoms with van der Waals surface area (Å²) in [7, 11) is -17.0. The van der Waals surface area contributed by atoms with E-state index >= 15 is 0 Å². The summed E-state index contributed by atoms with van der Waals surface area (Å²) in [5, 5.41) is 34.6. The number of phenols is 2. The number of carbonyl (C=O) groups is 6. The van der Waals surface area contributed by atoms with Gasteiger partial charge in [-0.15, -0.1) is 0 Å². The summed E-state index contributed by atoms with van der Waals surface area (Å²) in [6, 6.07) is 13.6. The number of nitrogens with one attached hydrogen (secondary N) is 6. The van der Waals surface area contributed by atoms with Crippen LogP contribution in [0.3, 0.4) is 0 Å². The van der Waals surface area contributed by atoms with Gasteiger partial charge in [0.25, 0.3) is 11.5 Å². The minimum Gasteiger partial charge on any atom is -0.508 e. The second-order valence-electron chi connectivity index (χ2n) is 20.8. The van der Waals surface area contributed by atoms with Crippen LogP contribution in [0.15, 0.2) is 76.4 Å². The van der Waals surface area contributed by atoms with Gasteiger partial charge in [0, 0.05) is 105 Å². The monoisotopic (exact) mass is 1280 g/mol. The third-order valence-corrected chi connectivity index (χ3v) is 18.0. The van der Waals surface area contributed by atoms with Gasteiger partial charge in [-0.1, -0.05) is 25.7 Å². The number of fused-ring (bicyclic) bond motifs is 6. The van der Waals surface area contributed by atoms with Gasteiger partial charge >= 0.3 is 35.1 Å². The van der Waals surface area contributed by atoms with Crippen LogP contribution in [-0.2, 0) is 61.1 Å². The number of aromatic nitrogens is 2. The first-order valence-electron chi connectivity index (χ1n) is 28.2. The number of rotatable bonds is 34. The minimum absolute atomic E-state index is 0.00587. The van der Waals surface area contributed by atoms with E-state index in [2.05, 4.69) is 35.2 Å². The van der Waals surface area contributed by atoms with E-state index < -0.39 is 77.2 Å². The van der Waals surface area contributed by atoms with Crippen LogP contribution in [0.1, 0.15) is 153 Å². The molecular weight excluding hydrogens is 1210 g/mol. The number of esters is 1. The van der Waals surface area contributed by atoms with Gasteiger partial charge in [0.1, 0.15) is 35.3 Å². The summed E-state index contributed by atoms with van der Waals surface area (Å²) < 4.78 is 66.0. The maximum absolute atomic E-state index is 13.3. The topological polar surface area (TPSA) is 445 Å². The number of hydrogen-bond acceptors (Lipinski definition) is 19. The zero-order valence-corrected chi connectivity index (χ0v) is 49.7. The molecule has 0 aliphatic carbocycles. The lowest BCUT2D eigenvalue weighted by atomic mass is 9.77. The first-order valence-corrected chi connectivity index (χ1v) is 32.7. The Morgan fingerprint density at radius 2 is 1.13 bits per heavy atom. The van der Waals surface area contributed by atoms with Crippen LogP contribution in [0.25, 0.3) is 0 Å².